The first kappa shape index (κ1) is 35.4. The number of aryl methyl sites for hydroxylation is 3. The van der Waals surface area contributed by atoms with Crippen LogP contribution in [0, 0.1) is 47.5 Å². The Morgan fingerprint density at radius 2 is 0.673 bits per heavy atom. The van der Waals surface area contributed by atoms with Gasteiger partial charge in [0.1, 0.15) is 0 Å². The van der Waals surface area contributed by atoms with Crippen molar-refractivity contribution in [1.29, 1.82) is 0 Å². The average molecular weight is 693 g/mol. The van der Waals surface area contributed by atoms with Crippen molar-refractivity contribution in [1.82, 2.24) is 0 Å². The van der Waals surface area contributed by atoms with E-state index >= 15 is 0 Å². The van der Waals surface area contributed by atoms with Crippen molar-refractivity contribution in [3.63, 3.8) is 0 Å². The van der Waals surface area contributed by atoms with E-state index in [0.29, 0.717) is 5.92 Å². The number of hydrogen-bond acceptors (Lipinski definition) is 0. The normalized spacial score (nSPS) is 14.8. The van der Waals surface area contributed by atoms with Crippen molar-refractivity contribution in [2.45, 2.75) is 69.2 Å². The molecule has 1 heteroatoms. The summed E-state index contributed by atoms with van der Waals surface area (Å²) < 4.78 is 0. The Hall–Kier alpha value is -4.98. The molecule has 7 rings (SSSR count). The summed E-state index contributed by atoms with van der Waals surface area (Å²) >= 11 is 0. The van der Waals surface area contributed by atoms with Crippen molar-refractivity contribution in [2.24, 2.45) is 5.92 Å². The van der Waals surface area contributed by atoms with Crippen LogP contribution < -0.4 is 15.6 Å². The smallest absolute Gasteiger partial charge is 0.0636 e. The van der Waals surface area contributed by atoms with Crippen LogP contribution in [0.1, 0.15) is 61.1 Å². The van der Waals surface area contributed by atoms with Gasteiger partial charge in [-0.15, -0.1) is 0 Å². The monoisotopic (exact) mass is 692 g/mol. The van der Waals surface area contributed by atoms with E-state index in [-0.39, 0.29) is 0 Å². The summed E-state index contributed by atoms with van der Waals surface area (Å²) in [5, 5.41) is 6.16. The van der Waals surface area contributed by atoms with E-state index in [2.05, 4.69) is 197 Å². The van der Waals surface area contributed by atoms with Gasteiger partial charge in [0, 0.05) is 0 Å². The lowest BCUT2D eigenvalue weighted by Crippen LogP contribution is -2.71. The number of benzene rings is 6. The maximum atomic E-state index is 2.60. The molecule has 260 valence electrons. The van der Waals surface area contributed by atoms with E-state index in [1.165, 1.54) is 99.0 Å². The van der Waals surface area contributed by atoms with Crippen LogP contribution in [0.2, 0.25) is 0 Å². The van der Waals surface area contributed by atoms with Gasteiger partial charge in [0.25, 0.3) is 0 Å². The van der Waals surface area contributed by atoms with Crippen molar-refractivity contribution in [3.8, 4) is 33.4 Å². The van der Waals surface area contributed by atoms with Gasteiger partial charge in [0.2, 0.25) is 0 Å². The lowest BCUT2D eigenvalue weighted by Gasteiger charge is -2.43. The Bertz CT molecular complexity index is 2140. The second-order valence-electron chi connectivity index (χ2n) is 15.3. The Labute approximate surface area is 313 Å². The summed E-state index contributed by atoms with van der Waals surface area (Å²) in [6, 6.07) is 48.1. The molecule has 0 saturated carbocycles. The largest absolute Gasteiger partial charge is 0.177 e. The molecule has 52 heavy (non-hydrogen) atoms. The predicted octanol–water partition coefficient (Wildman–Crippen LogP) is 11.9. The SMILES string of the molecule is CC1=C(C)C(C)C([Si](c2cc(-c3ccccc3)cc(C)c2C)(c2cc(-c3ccccc3)cc(C)c2C)c2cc(-c3ccccc3)cc(C)c2C)=C1C. The molecule has 0 radical (unpaired) electrons. The highest BCUT2D eigenvalue weighted by Crippen LogP contribution is 2.43. The van der Waals surface area contributed by atoms with Gasteiger partial charge in [-0.3, -0.25) is 0 Å². The van der Waals surface area contributed by atoms with Crippen LogP contribution in [0.5, 0.6) is 0 Å². The summed E-state index contributed by atoms with van der Waals surface area (Å²) in [6.45, 7) is 23.8. The summed E-state index contributed by atoms with van der Waals surface area (Å²) in [6.07, 6.45) is 0. The summed E-state index contributed by atoms with van der Waals surface area (Å²) in [5.41, 5.74) is 20.4. The van der Waals surface area contributed by atoms with Crippen LogP contribution in [0.15, 0.2) is 149 Å². The molecule has 0 fully saturated rings. The van der Waals surface area contributed by atoms with Gasteiger partial charge in [-0.1, -0.05) is 151 Å². The maximum absolute atomic E-state index is 3.08. The van der Waals surface area contributed by atoms with E-state index in [9.17, 15) is 0 Å². The minimum Gasteiger partial charge on any atom is -0.0636 e. The van der Waals surface area contributed by atoms with Gasteiger partial charge in [-0.05, 0) is 156 Å². The van der Waals surface area contributed by atoms with Crippen LogP contribution in [0.3, 0.4) is 0 Å². The van der Waals surface area contributed by atoms with E-state index in [1.807, 2.05) is 0 Å². The van der Waals surface area contributed by atoms with Gasteiger partial charge in [-0.25, -0.2) is 0 Å². The lowest BCUT2D eigenvalue weighted by molar-refractivity contribution is 0.851. The summed E-state index contributed by atoms with van der Waals surface area (Å²) in [7, 11) is -3.08. The van der Waals surface area contributed by atoms with Gasteiger partial charge >= 0.3 is 0 Å². The molecule has 6 aromatic carbocycles. The maximum Gasteiger partial charge on any atom is 0.177 e. The van der Waals surface area contributed by atoms with Crippen LogP contribution in [-0.4, -0.2) is 8.07 Å². The molecule has 0 spiro atoms. The second-order valence-corrected chi connectivity index (χ2v) is 19.0. The molecule has 1 atom stereocenters. The van der Waals surface area contributed by atoms with Crippen LogP contribution in [-0.2, 0) is 0 Å². The molecule has 0 aliphatic heterocycles. The van der Waals surface area contributed by atoms with Crippen molar-refractivity contribution in [3.05, 3.63) is 183 Å². The zero-order valence-corrected chi connectivity index (χ0v) is 33.7. The van der Waals surface area contributed by atoms with E-state index < -0.39 is 8.07 Å². The molecule has 0 amide bonds. The highest BCUT2D eigenvalue weighted by atomic mass is 28.3. The molecule has 6 aromatic rings. The fourth-order valence-corrected chi connectivity index (χ4v) is 15.7. The standard InChI is InChI=1S/C51H52Si/c1-32-26-45(42-20-14-11-15-21-42)29-48(35(32)4)52(51-40(9)38(7)39(8)41(51)10,49-30-46(27-33(2)36(49)5)43-22-16-12-17-23-43)50-31-47(28-34(3)37(50)6)44-24-18-13-19-25-44/h11-31,40H,1-10H3. The highest BCUT2D eigenvalue weighted by molar-refractivity contribution is 7.17. The number of allylic oxidation sites excluding steroid dienone is 4. The molecule has 0 saturated heterocycles. The summed E-state index contributed by atoms with van der Waals surface area (Å²) in [4.78, 5) is 0. The summed E-state index contributed by atoms with van der Waals surface area (Å²) in [5.74, 6) is 0.312. The highest BCUT2D eigenvalue weighted by Gasteiger charge is 2.51. The van der Waals surface area contributed by atoms with Gasteiger partial charge in [0.15, 0.2) is 8.07 Å². The number of hydrogen-bond donors (Lipinski definition) is 0. The molecule has 0 aromatic heterocycles. The molecular formula is C51H52Si. The first-order valence-corrected chi connectivity index (χ1v) is 20.9. The van der Waals surface area contributed by atoms with Crippen LogP contribution >= 0.6 is 0 Å². The molecule has 1 unspecified atom stereocenters. The van der Waals surface area contributed by atoms with E-state index in [0.717, 1.165) is 0 Å². The van der Waals surface area contributed by atoms with Gasteiger partial charge < -0.3 is 0 Å². The molecule has 0 nitrogen and oxygen atoms in total. The van der Waals surface area contributed by atoms with Crippen molar-refractivity contribution < 1.29 is 0 Å². The first-order valence-electron chi connectivity index (χ1n) is 18.9. The molecule has 0 bridgehead atoms. The number of rotatable bonds is 7. The average Bonchev–Trinajstić information content (AvgIpc) is 3.36. The van der Waals surface area contributed by atoms with Crippen LogP contribution in [0.4, 0.5) is 0 Å². The minimum atomic E-state index is -3.08. The second kappa shape index (κ2) is 13.9. The molecule has 1 aliphatic rings. The minimum absolute atomic E-state index is 0.312. The van der Waals surface area contributed by atoms with Crippen LogP contribution in [0.25, 0.3) is 33.4 Å². The molecule has 1 aliphatic carbocycles. The van der Waals surface area contributed by atoms with Crippen molar-refractivity contribution in [2.75, 3.05) is 0 Å². The zero-order chi connectivity index (χ0) is 36.9. The van der Waals surface area contributed by atoms with Gasteiger partial charge in [0.05, 0.1) is 0 Å². The van der Waals surface area contributed by atoms with Gasteiger partial charge in [-0.2, -0.15) is 0 Å². The lowest BCUT2D eigenvalue weighted by atomic mass is 9.99. The third-order valence-corrected chi connectivity index (χ3v) is 18.2. The van der Waals surface area contributed by atoms with E-state index in [1.54, 1.807) is 5.20 Å². The third kappa shape index (κ3) is 5.76. The Kier molecular flexibility index (Phi) is 9.44. The van der Waals surface area contributed by atoms with Crippen molar-refractivity contribution >= 4 is 23.6 Å². The zero-order valence-electron chi connectivity index (χ0n) is 32.7. The Morgan fingerprint density at radius 1 is 0.365 bits per heavy atom. The molecular weight excluding hydrogens is 641 g/mol. The third-order valence-electron chi connectivity index (χ3n) is 12.6. The topological polar surface area (TPSA) is 0 Å². The Morgan fingerprint density at radius 3 is 0.942 bits per heavy atom. The first-order chi connectivity index (χ1) is 24.9. The quantitative estimate of drug-likeness (QED) is 0.115. The fourth-order valence-electron chi connectivity index (χ4n) is 8.98. The van der Waals surface area contributed by atoms with E-state index in [4.69, 9.17) is 0 Å². The fraction of sp³-hybridized carbons (Fsp3) is 0.216. The molecule has 0 heterocycles. The molecule has 0 N–H and O–H groups in total. The Balaban J connectivity index is 1.75. The predicted molar refractivity (Wildman–Crippen MR) is 229 cm³/mol.